The first kappa shape index (κ1) is 16.9. The summed E-state index contributed by atoms with van der Waals surface area (Å²) < 4.78 is 11.6. The number of hydrogen-bond acceptors (Lipinski definition) is 3. The van der Waals surface area contributed by atoms with Crippen molar-refractivity contribution in [3.63, 3.8) is 0 Å². The Morgan fingerprint density at radius 3 is 2.32 bits per heavy atom. The summed E-state index contributed by atoms with van der Waals surface area (Å²) in [7, 11) is 0. The van der Waals surface area contributed by atoms with Crippen LogP contribution in [-0.2, 0) is 9.47 Å². The Hall–Kier alpha value is -0.120. The summed E-state index contributed by atoms with van der Waals surface area (Å²) >= 11 is 0. The van der Waals surface area contributed by atoms with Gasteiger partial charge in [-0.25, -0.2) is 0 Å². The second kappa shape index (κ2) is 7.05. The fourth-order valence-electron chi connectivity index (χ4n) is 2.34. The molecule has 0 radical (unpaired) electrons. The first-order valence-electron chi connectivity index (χ1n) is 7.64. The fraction of sp³-hybridized carbons (Fsp3) is 1.00. The Bertz CT molecular complexity index is 246. The van der Waals surface area contributed by atoms with Crippen molar-refractivity contribution in [2.75, 3.05) is 26.4 Å². The van der Waals surface area contributed by atoms with Crippen LogP contribution in [0.15, 0.2) is 0 Å². The molecule has 0 aliphatic carbocycles. The summed E-state index contributed by atoms with van der Waals surface area (Å²) in [6.07, 6.45) is 4.05. The van der Waals surface area contributed by atoms with Crippen molar-refractivity contribution in [2.24, 2.45) is 5.41 Å². The molecule has 0 spiro atoms. The quantitative estimate of drug-likeness (QED) is 0.688. The van der Waals surface area contributed by atoms with Gasteiger partial charge >= 0.3 is 0 Å². The zero-order valence-electron chi connectivity index (χ0n) is 13.8. The van der Waals surface area contributed by atoms with Crippen LogP contribution in [0.25, 0.3) is 0 Å². The molecule has 0 bridgehead atoms. The van der Waals surface area contributed by atoms with Crippen LogP contribution in [0.3, 0.4) is 0 Å². The van der Waals surface area contributed by atoms with E-state index >= 15 is 0 Å². The van der Waals surface area contributed by atoms with E-state index in [0.29, 0.717) is 18.2 Å². The van der Waals surface area contributed by atoms with Gasteiger partial charge in [0.25, 0.3) is 0 Å². The van der Waals surface area contributed by atoms with Crippen molar-refractivity contribution in [1.82, 2.24) is 4.90 Å². The van der Waals surface area contributed by atoms with Crippen molar-refractivity contribution in [3.8, 4) is 0 Å². The fourth-order valence-corrected chi connectivity index (χ4v) is 2.34. The van der Waals surface area contributed by atoms with E-state index in [2.05, 4.69) is 46.4 Å². The van der Waals surface area contributed by atoms with Crippen molar-refractivity contribution >= 4 is 0 Å². The average Bonchev–Trinajstić information content (AvgIpc) is 2.72. The number of hydrogen-bond donors (Lipinski definition) is 0. The van der Waals surface area contributed by atoms with E-state index in [9.17, 15) is 0 Å². The molecule has 1 fully saturated rings. The maximum Gasteiger partial charge on any atom is 0.0997 e. The first-order chi connectivity index (χ1) is 8.66. The Morgan fingerprint density at radius 1 is 1.16 bits per heavy atom. The average molecular weight is 271 g/mol. The van der Waals surface area contributed by atoms with Gasteiger partial charge in [0.15, 0.2) is 0 Å². The normalized spacial score (nSPS) is 21.3. The predicted molar refractivity (Wildman–Crippen MR) is 80.3 cm³/mol. The van der Waals surface area contributed by atoms with Gasteiger partial charge in [0.05, 0.1) is 18.4 Å². The summed E-state index contributed by atoms with van der Waals surface area (Å²) in [5.74, 6) is 0. The molecule has 0 aromatic rings. The maximum absolute atomic E-state index is 5.94. The molecular weight excluding hydrogens is 238 g/mol. The molecule has 3 heteroatoms. The van der Waals surface area contributed by atoms with Gasteiger partial charge in [0, 0.05) is 19.7 Å². The molecule has 0 N–H and O–H groups in total. The lowest BCUT2D eigenvalue weighted by Gasteiger charge is -2.32. The molecule has 1 aliphatic heterocycles. The van der Waals surface area contributed by atoms with Gasteiger partial charge in [0.1, 0.15) is 0 Å². The lowest BCUT2D eigenvalue weighted by atomic mass is 9.96. The largest absolute Gasteiger partial charge is 0.378 e. The molecule has 1 atom stereocenters. The molecule has 1 unspecified atom stereocenters. The van der Waals surface area contributed by atoms with Crippen LogP contribution in [0, 0.1) is 5.41 Å². The van der Waals surface area contributed by atoms with E-state index in [-0.39, 0.29) is 5.60 Å². The highest BCUT2D eigenvalue weighted by Gasteiger charge is 2.21. The van der Waals surface area contributed by atoms with Crippen LogP contribution < -0.4 is 0 Å². The highest BCUT2D eigenvalue weighted by molar-refractivity contribution is 4.72. The second-order valence-corrected chi connectivity index (χ2v) is 7.92. The highest BCUT2D eigenvalue weighted by Crippen LogP contribution is 2.20. The van der Waals surface area contributed by atoms with Gasteiger partial charge in [-0.2, -0.15) is 0 Å². The molecule has 0 saturated carbocycles. The maximum atomic E-state index is 5.94. The monoisotopic (exact) mass is 271 g/mol. The summed E-state index contributed by atoms with van der Waals surface area (Å²) in [6, 6.07) is 0. The number of ether oxygens (including phenoxy) is 2. The van der Waals surface area contributed by atoms with Gasteiger partial charge in [-0.15, -0.1) is 0 Å². The summed E-state index contributed by atoms with van der Waals surface area (Å²) in [4.78, 5) is 2.42. The van der Waals surface area contributed by atoms with Crippen LogP contribution in [0.5, 0.6) is 0 Å². The van der Waals surface area contributed by atoms with Gasteiger partial charge < -0.3 is 9.47 Å². The predicted octanol–water partition coefficient (Wildman–Crippen LogP) is 3.68. The Labute approximate surface area is 119 Å². The van der Waals surface area contributed by atoms with Crippen molar-refractivity contribution in [3.05, 3.63) is 0 Å². The van der Waals surface area contributed by atoms with Gasteiger partial charge in [-0.3, -0.25) is 4.90 Å². The minimum absolute atomic E-state index is 0.0695. The first-order valence-corrected chi connectivity index (χ1v) is 7.64. The summed E-state index contributed by atoms with van der Waals surface area (Å²) in [5.41, 5.74) is 0.234. The van der Waals surface area contributed by atoms with Gasteiger partial charge in [0.2, 0.25) is 0 Å². The van der Waals surface area contributed by atoms with Crippen molar-refractivity contribution in [2.45, 2.75) is 72.5 Å². The van der Waals surface area contributed by atoms with Gasteiger partial charge in [-0.05, 0) is 45.4 Å². The molecule has 114 valence electrons. The van der Waals surface area contributed by atoms with E-state index < -0.39 is 0 Å². The van der Waals surface area contributed by atoms with Crippen LogP contribution in [0.2, 0.25) is 0 Å². The molecule has 19 heavy (non-hydrogen) atoms. The smallest absolute Gasteiger partial charge is 0.0997 e. The van der Waals surface area contributed by atoms with E-state index in [1.54, 1.807) is 0 Å². The molecule has 0 aromatic heterocycles. The topological polar surface area (TPSA) is 21.7 Å². The third-order valence-corrected chi connectivity index (χ3v) is 3.17. The zero-order chi connectivity index (χ0) is 14.5. The number of rotatable bonds is 6. The highest BCUT2D eigenvalue weighted by atomic mass is 16.5. The molecule has 1 rings (SSSR count). The Morgan fingerprint density at radius 2 is 1.84 bits per heavy atom. The molecule has 1 heterocycles. The Balaban J connectivity index is 2.39. The van der Waals surface area contributed by atoms with Crippen LogP contribution in [-0.4, -0.2) is 43.0 Å². The van der Waals surface area contributed by atoms with E-state index in [4.69, 9.17) is 9.47 Å². The molecular formula is C16H33NO2. The van der Waals surface area contributed by atoms with Crippen LogP contribution >= 0.6 is 0 Å². The van der Waals surface area contributed by atoms with E-state index in [1.165, 1.54) is 12.8 Å². The molecule has 1 saturated heterocycles. The molecule has 0 aromatic carbocycles. The SMILES string of the molecule is CC(C)(C)CN(CCC1CCCO1)COC(C)(C)C. The zero-order valence-corrected chi connectivity index (χ0v) is 13.8. The summed E-state index contributed by atoms with van der Waals surface area (Å²) in [5, 5.41) is 0. The van der Waals surface area contributed by atoms with Crippen LogP contribution in [0.1, 0.15) is 60.8 Å². The van der Waals surface area contributed by atoms with Crippen molar-refractivity contribution < 1.29 is 9.47 Å². The summed E-state index contributed by atoms with van der Waals surface area (Å²) in [6.45, 7) is 17.0. The van der Waals surface area contributed by atoms with E-state index in [0.717, 1.165) is 26.1 Å². The third kappa shape index (κ3) is 8.61. The van der Waals surface area contributed by atoms with Crippen molar-refractivity contribution in [1.29, 1.82) is 0 Å². The Kier molecular flexibility index (Phi) is 6.28. The third-order valence-electron chi connectivity index (χ3n) is 3.17. The lowest BCUT2D eigenvalue weighted by Crippen LogP contribution is -2.39. The minimum Gasteiger partial charge on any atom is -0.378 e. The standard InChI is InChI=1S/C16H33NO2/c1-15(2,3)12-17(13-19-16(4,5)6)10-9-14-8-7-11-18-14/h14H,7-13H2,1-6H3. The minimum atomic E-state index is -0.0695. The second-order valence-electron chi connectivity index (χ2n) is 7.92. The van der Waals surface area contributed by atoms with Crippen LogP contribution in [0.4, 0.5) is 0 Å². The molecule has 3 nitrogen and oxygen atoms in total. The molecule has 0 amide bonds. The van der Waals surface area contributed by atoms with Gasteiger partial charge in [-0.1, -0.05) is 20.8 Å². The van der Waals surface area contributed by atoms with E-state index in [1.807, 2.05) is 0 Å². The number of nitrogens with zero attached hydrogens (tertiary/aromatic N) is 1. The lowest BCUT2D eigenvalue weighted by molar-refractivity contribution is -0.0734. The molecule has 1 aliphatic rings.